The van der Waals surface area contributed by atoms with Gasteiger partial charge in [0.25, 0.3) is 10.0 Å². The van der Waals surface area contributed by atoms with Gasteiger partial charge in [-0.2, -0.15) is 0 Å². The van der Waals surface area contributed by atoms with Crippen molar-refractivity contribution in [3.05, 3.63) is 90.0 Å². The van der Waals surface area contributed by atoms with E-state index in [4.69, 9.17) is 4.74 Å². The lowest BCUT2D eigenvalue weighted by atomic mass is 10.1. The van der Waals surface area contributed by atoms with E-state index in [0.717, 1.165) is 15.4 Å². The van der Waals surface area contributed by atoms with Gasteiger partial charge in [-0.1, -0.05) is 55.0 Å². The summed E-state index contributed by atoms with van der Waals surface area (Å²) in [6, 6.07) is 21.6. The van der Waals surface area contributed by atoms with Gasteiger partial charge in [0.2, 0.25) is 11.8 Å². The molecule has 0 saturated carbocycles. The number of carbonyl (C=O) groups excluding carboxylic acids is 2. The molecule has 208 valence electrons. The first-order chi connectivity index (χ1) is 18.7. The minimum atomic E-state index is -4.13. The van der Waals surface area contributed by atoms with Crippen molar-refractivity contribution in [2.24, 2.45) is 0 Å². The summed E-state index contributed by atoms with van der Waals surface area (Å²) in [6.45, 7) is 8.04. The number of nitrogens with zero attached hydrogens (tertiary/aromatic N) is 2. The average Bonchev–Trinajstić information content (AvgIpc) is 2.93. The molecule has 0 aliphatic rings. The largest absolute Gasteiger partial charge is 0.494 e. The van der Waals surface area contributed by atoms with Crippen LogP contribution in [0.2, 0.25) is 0 Å². The molecule has 0 aliphatic carbocycles. The van der Waals surface area contributed by atoms with Crippen LogP contribution < -0.4 is 14.4 Å². The first-order valence-electron chi connectivity index (χ1n) is 13.1. The minimum absolute atomic E-state index is 0.0310. The third-order valence-electron chi connectivity index (χ3n) is 6.26. The van der Waals surface area contributed by atoms with Gasteiger partial charge in [0, 0.05) is 13.1 Å². The zero-order chi connectivity index (χ0) is 28.4. The van der Waals surface area contributed by atoms with Crippen LogP contribution in [0.4, 0.5) is 5.69 Å². The van der Waals surface area contributed by atoms with Gasteiger partial charge in [-0.05, 0) is 69.2 Å². The molecule has 1 N–H and O–H groups in total. The van der Waals surface area contributed by atoms with Gasteiger partial charge in [-0.25, -0.2) is 8.42 Å². The molecule has 3 aromatic carbocycles. The Bertz CT molecular complexity index is 1330. The van der Waals surface area contributed by atoms with E-state index in [1.54, 1.807) is 42.5 Å². The van der Waals surface area contributed by atoms with E-state index >= 15 is 0 Å². The molecule has 0 heterocycles. The van der Waals surface area contributed by atoms with Crippen LogP contribution in [0.1, 0.15) is 38.3 Å². The molecule has 0 radical (unpaired) electrons. The highest BCUT2D eigenvalue weighted by Gasteiger charge is 2.33. The number of benzene rings is 3. The maximum absolute atomic E-state index is 13.9. The standard InChI is InChI=1S/C30H37N3O5S/c1-5-28(30(35)31-6-2)32(21-24-15-13-23(4)14-16-24)29(34)22-33(25-11-9-8-10-12-25)39(36,37)27-19-17-26(18-20-27)38-7-3/h8-20,28H,5-7,21-22H2,1-4H3,(H,31,35)/t28-/m0/s1. The number of rotatable bonds is 13. The molecule has 0 aromatic heterocycles. The Morgan fingerprint density at radius 3 is 2.10 bits per heavy atom. The fourth-order valence-electron chi connectivity index (χ4n) is 4.23. The van der Waals surface area contributed by atoms with E-state index in [1.165, 1.54) is 17.0 Å². The zero-order valence-electron chi connectivity index (χ0n) is 23.0. The Kier molecular flexibility index (Phi) is 10.5. The van der Waals surface area contributed by atoms with Gasteiger partial charge in [0.1, 0.15) is 18.3 Å². The third-order valence-corrected chi connectivity index (χ3v) is 8.04. The van der Waals surface area contributed by atoms with Crippen molar-refractivity contribution >= 4 is 27.5 Å². The second-order valence-corrected chi connectivity index (χ2v) is 10.9. The SMILES string of the molecule is CCNC(=O)[C@H](CC)N(Cc1ccc(C)cc1)C(=O)CN(c1ccccc1)S(=O)(=O)c1ccc(OCC)cc1. The molecular weight excluding hydrogens is 514 g/mol. The van der Waals surface area contributed by atoms with E-state index in [1.807, 2.05) is 52.0 Å². The number of amides is 2. The van der Waals surface area contributed by atoms with Crippen LogP contribution >= 0.6 is 0 Å². The number of anilines is 1. The fraction of sp³-hybridized carbons (Fsp3) is 0.333. The van der Waals surface area contributed by atoms with Crippen LogP contribution in [-0.4, -0.2) is 50.9 Å². The van der Waals surface area contributed by atoms with Crippen LogP contribution in [0.3, 0.4) is 0 Å². The number of ether oxygens (including phenoxy) is 1. The second-order valence-electron chi connectivity index (χ2n) is 9.08. The highest BCUT2D eigenvalue weighted by atomic mass is 32.2. The first-order valence-corrected chi connectivity index (χ1v) is 14.6. The number of hydrogen-bond acceptors (Lipinski definition) is 5. The average molecular weight is 552 g/mol. The van der Waals surface area contributed by atoms with Gasteiger partial charge >= 0.3 is 0 Å². The maximum atomic E-state index is 13.9. The maximum Gasteiger partial charge on any atom is 0.264 e. The molecule has 0 bridgehead atoms. The van der Waals surface area contributed by atoms with Crippen molar-refractivity contribution < 1.29 is 22.7 Å². The monoisotopic (exact) mass is 551 g/mol. The van der Waals surface area contributed by atoms with Crippen LogP contribution in [0.25, 0.3) is 0 Å². The van der Waals surface area contributed by atoms with E-state index < -0.39 is 28.5 Å². The Morgan fingerprint density at radius 1 is 0.897 bits per heavy atom. The third kappa shape index (κ3) is 7.60. The molecular formula is C30H37N3O5S. The van der Waals surface area contributed by atoms with E-state index in [-0.39, 0.29) is 17.3 Å². The number of nitrogens with one attached hydrogen (secondary N) is 1. The molecule has 8 nitrogen and oxygen atoms in total. The minimum Gasteiger partial charge on any atom is -0.494 e. The smallest absolute Gasteiger partial charge is 0.264 e. The van der Waals surface area contributed by atoms with Gasteiger partial charge in [-0.3, -0.25) is 13.9 Å². The van der Waals surface area contributed by atoms with E-state index in [9.17, 15) is 18.0 Å². The number of para-hydroxylation sites is 1. The van der Waals surface area contributed by atoms with Crippen molar-refractivity contribution in [1.82, 2.24) is 10.2 Å². The lowest BCUT2D eigenvalue weighted by molar-refractivity contribution is -0.140. The number of hydrogen-bond donors (Lipinski definition) is 1. The molecule has 3 rings (SSSR count). The lowest BCUT2D eigenvalue weighted by Gasteiger charge is -2.33. The Hall–Kier alpha value is -3.85. The Balaban J connectivity index is 2.01. The number of carbonyl (C=O) groups is 2. The molecule has 0 saturated heterocycles. The highest BCUT2D eigenvalue weighted by molar-refractivity contribution is 7.92. The van der Waals surface area contributed by atoms with Crippen molar-refractivity contribution in [1.29, 1.82) is 0 Å². The Labute approximate surface area is 231 Å². The molecule has 2 amide bonds. The molecule has 0 aliphatic heterocycles. The van der Waals surface area contributed by atoms with Crippen LogP contribution in [0.5, 0.6) is 5.75 Å². The first kappa shape index (κ1) is 29.7. The second kappa shape index (κ2) is 13.8. The van der Waals surface area contributed by atoms with E-state index in [2.05, 4.69) is 5.32 Å². The van der Waals surface area contributed by atoms with Crippen molar-refractivity contribution in [3.63, 3.8) is 0 Å². The van der Waals surface area contributed by atoms with E-state index in [0.29, 0.717) is 31.0 Å². The van der Waals surface area contributed by atoms with Gasteiger partial charge < -0.3 is 15.0 Å². The normalized spacial score (nSPS) is 11.9. The van der Waals surface area contributed by atoms with Crippen LogP contribution in [0, 0.1) is 6.92 Å². The molecule has 9 heteroatoms. The number of sulfonamides is 1. The van der Waals surface area contributed by atoms with Crippen molar-refractivity contribution in [2.45, 2.75) is 51.6 Å². The fourth-order valence-corrected chi connectivity index (χ4v) is 5.64. The van der Waals surface area contributed by atoms with Crippen LogP contribution in [0.15, 0.2) is 83.8 Å². The lowest BCUT2D eigenvalue weighted by Crippen LogP contribution is -2.52. The molecule has 39 heavy (non-hydrogen) atoms. The summed E-state index contributed by atoms with van der Waals surface area (Å²) in [5.41, 5.74) is 2.27. The molecule has 0 spiro atoms. The van der Waals surface area contributed by atoms with Crippen molar-refractivity contribution in [3.8, 4) is 5.75 Å². The summed E-state index contributed by atoms with van der Waals surface area (Å²) in [7, 11) is -4.13. The number of aryl methyl sites for hydroxylation is 1. The molecule has 0 fully saturated rings. The van der Waals surface area contributed by atoms with Crippen LogP contribution in [-0.2, 0) is 26.2 Å². The summed E-state index contributed by atoms with van der Waals surface area (Å²) in [5.74, 6) is -0.205. The van der Waals surface area contributed by atoms with Gasteiger partial charge in [0.05, 0.1) is 17.2 Å². The quantitative estimate of drug-likeness (QED) is 0.337. The topological polar surface area (TPSA) is 96.0 Å². The van der Waals surface area contributed by atoms with Crippen molar-refractivity contribution in [2.75, 3.05) is 24.0 Å². The Morgan fingerprint density at radius 2 is 1.54 bits per heavy atom. The predicted octanol–water partition coefficient (Wildman–Crippen LogP) is 4.53. The van der Waals surface area contributed by atoms with Gasteiger partial charge in [0.15, 0.2) is 0 Å². The highest BCUT2D eigenvalue weighted by Crippen LogP contribution is 2.26. The zero-order valence-corrected chi connectivity index (χ0v) is 23.8. The number of likely N-dealkylation sites (N-methyl/N-ethyl adjacent to an activating group) is 1. The molecule has 1 atom stereocenters. The summed E-state index contributed by atoms with van der Waals surface area (Å²) >= 11 is 0. The summed E-state index contributed by atoms with van der Waals surface area (Å²) in [5, 5.41) is 2.81. The molecule has 0 unspecified atom stereocenters. The summed E-state index contributed by atoms with van der Waals surface area (Å²) in [4.78, 5) is 28.4. The summed E-state index contributed by atoms with van der Waals surface area (Å²) < 4.78 is 34.3. The van der Waals surface area contributed by atoms with Gasteiger partial charge in [-0.15, -0.1) is 0 Å². The molecule has 3 aromatic rings. The summed E-state index contributed by atoms with van der Waals surface area (Å²) in [6.07, 6.45) is 0.375. The predicted molar refractivity (Wildman–Crippen MR) is 153 cm³/mol.